The normalized spacial score (nSPS) is 14.7. The van der Waals surface area contributed by atoms with Gasteiger partial charge in [0.15, 0.2) is 9.84 Å². The summed E-state index contributed by atoms with van der Waals surface area (Å²) >= 11 is 6.11. The van der Waals surface area contributed by atoms with Crippen molar-refractivity contribution in [2.75, 3.05) is 36.2 Å². The van der Waals surface area contributed by atoms with Crippen molar-refractivity contribution >= 4 is 32.8 Å². The van der Waals surface area contributed by atoms with Crippen molar-refractivity contribution in [2.45, 2.75) is 11.4 Å². The zero-order chi connectivity index (χ0) is 16.6. The molecule has 0 saturated heterocycles. The fourth-order valence-corrected chi connectivity index (χ4v) is 3.60. The van der Waals surface area contributed by atoms with Crippen LogP contribution in [0.5, 0.6) is 0 Å². The Balaban J connectivity index is 1.86. The molecule has 0 aliphatic carbocycles. The van der Waals surface area contributed by atoms with Crippen LogP contribution in [0.1, 0.15) is 5.56 Å². The second-order valence-corrected chi connectivity index (χ2v) is 8.34. The minimum Gasteiger partial charge on any atom is -0.371 e. The van der Waals surface area contributed by atoms with E-state index in [-0.39, 0.29) is 0 Å². The maximum absolute atomic E-state index is 11.5. The van der Waals surface area contributed by atoms with Crippen molar-refractivity contribution in [3.63, 3.8) is 0 Å². The number of rotatable bonds is 3. The predicted molar refractivity (Wildman–Crippen MR) is 95.3 cm³/mol. The third kappa shape index (κ3) is 3.46. The third-order valence-corrected chi connectivity index (χ3v) is 5.48. The molecule has 3 rings (SSSR count). The van der Waals surface area contributed by atoms with Gasteiger partial charge in [-0.1, -0.05) is 23.7 Å². The molecule has 0 aromatic heterocycles. The lowest BCUT2D eigenvalue weighted by atomic mass is 10.1. The molecule has 0 radical (unpaired) electrons. The number of hydrogen-bond acceptors (Lipinski definition) is 4. The molecule has 4 nitrogen and oxygen atoms in total. The van der Waals surface area contributed by atoms with Crippen molar-refractivity contribution in [2.24, 2.45) is 0 Å². The smallest absolute Gasteiger partial charge is 0.175 e. The molecular formula is C17H19ClN2O2S. The van der Waals surface area contributed by atoms with Gasteiger partial charge in [0.05, 0.1) is 16.3 Å². The van der Waals surface area contributed by atoms with Gasteiger partial charge in [-0.3, -0.25) is 0 Å². The van der Waals surface area contributed by atoms with Crippen LogP contribution < -0.4 is 9.80 Å². The maximum Gasteiger partial charge on any atom is 0.175 e. The van der Waals surface area contributed by atoms with Gasteiger partial charge in [-0.2, -0.15) is 0 Å². The number of nitrogens with zero attached hydrogens (tertiary/aromatic N) is 2. The van der Waals surface area contributed by atoms with Crippen LogP contribution in [0.4, 0.5) is 11.4 Å². The van der Waals surface area contributed by atoms with E-state index < -0.39 is 9.84 Å². The molecule has 0 amide bonds. The van der Waals surface area contributed by atoms with Gasteiger partial charge in [0, 0.05) is 38.0 Å². The number of halogens is 1. The predicted octanol–water partition coefficient (Wildman–Crippen LogP) is 3.20. The first-order chi connectivity index (χ1) is 10.8. The quantitative estimate of drug-likeness (QED) is 0.852. The fourth-order valence-electron chi connectivity index (χ4n) is 2.81. The summed E-state index contributed by atoms with van der Waals surface area (Å²) in [7, 11) is -1.09. The van der Waals surface area contributed by atoms with Crippen LogP contribution >= 0.6 is 11.6 Å². The Morgan fingerprint density at radius 2 is 1.74 bits per heavy atom. The lowest BCUT2D eigenvalue weighted by Crippen LogP contribution is -2.38. The summed E-state index contributed by atoms with van der Waals surface area (Å²) in [5.74, 6) is 0. The SMILES string of the molecule is CN1CCN(Cc2ccc(S(C)(=O)=O)cc2)c2ccc(Cl)cc21. The van der Waals surface area contributed by atoms with E-state index in [2.05, 4.69) is 16.8 Å². The zero-order valence-electron chi connectivity index (χ0n) is 13.2. The van der Waals surface area contributed by atoms with Crippen LogP contribution in [-0.4, -0.2) is 34.8 Å². The number of sulfone groups is 1. The largest absolute Gasteiger partial charge is 0.371 e. The Bertz CT molecular complexity index is 819. The second-order valence-electron chi connectivity index (χ2n) is 5.89. The molecule has 0 unspecified atom stereocenters. The number of benzene rings is 2. The van der Waals surface area contributed by atoms with Crippen LogP contribution in [0.2, 0.25) is 5.02 Å². The van der Waals surface area contributed by atoms with E-state index in [9.17, 15) is 8.42 Å². The van der Waals surface area contributed by atoms with E-state index in [0.29, 0.717) is 4.90 Å². The molecule has 0 fully saturated rings. The van der Waals surface area contributed by atoms with Gasteiger partial charge >= 0.3 is 0 Å². The first-order valence-electron chi connectivity index (χ1n) is 7.39. The summed E-state index contributed by atoms with van der Waals surface area (Å²) in [6.07, 6.45) is 1.22. The molecular weight excluding hydrogens is 332 g/mol. The van der Waals surface area contributed by atoms with E-state index in [1.54, 1.807) is 12.1 Å². The molecule has 0 spiro atoms. The summed E-state index contributed by atoms with van der Waals surface area (Å²) in [6.45, 7) is 2.58. The summed E-state index contributed by atoms with van der Waals surface area (Å²) in [6, 6.07) is 13.0. The highest BCUT2D eigenvalue weighted by Crippen LogP contribution is 2.35. The topological polar surface area (TPSA) is 40.6 Å². The van der Waals surface area contributed by atoms with Gasteiger partial charge in [-0.25, -0.2) is 8.42 Å². The lowest BCUT2D eigenvalue weighted by molar-refractivity contribution is 0.602. The molecule has 23 heavy (non-hydrogen) atoms. The van der Waals surface area contributed by atoms with E-state index >= 15 is 0 Å². The maximum atomic E-state index is 11.5. The summed E-state index contributed by atoms with van der Waals surface area (Å²) < 4.78 is 23.1. The van der Waals surface area contributed by atoms with Gasteiger partial charge in [0.2, 0.25) is 0 Å². The standard InChI is InChI=1S/C17H19ClN2O2S/c1-19-9-10-20(16-8-5-14(18)11-17(16)19)12-13-3-6-15(7-4-13)23(2,21)22/h3-8,11H,9-10,12H2,1-2H3. The van der Waals surface area contributed by atoms with Gasteiger partial charge in [-0.05, 0) is 35.9 Å². The summed E-state index contributed by atoms with van der Waals surface area (Å²) in [5, 5.41) is 0.731. The van der Waals surface area contributed by atoms with Crippen LogP contribution in [0, 0.1) is 0 Å². The fraction of sp³-hybridized carbons (Fsp3) is 0.294. The molecule has 0 saturated carbocycles. The van der Waals surface area contributed by atoms with E-state index in [1.165, 1.54) is 6.26 Å². The number of fused-ring (bicyclic) bond motifs is 1. The van der Waals surface area contributed by atoms with Crippen molar-refractivity contribution in [1.82, 2.24) is 0 Å². The molecule has 122 valence electrons. The average Bonchev–Trinajstić information content (AvgIpc) is 2.50. The van der Waals surface area contributed by atoms with Crippen molar-refractivity contribution in [1.29, 1.82) is 0 Å². The molecule has 2 aromatic rings. The van der Waals surface area contributed by atoms with Crippen LogP contribution in [0.15, 0.2) is 47.4 Å². The first-order valence-corrected chi connectivity index (χ1v) is 9.66. The monoisotopic (exact) mass is 350 g/mol. The molecule has 0 N–H and O–H groups in total. The molecule has 1 aliphatic heterocycles. The highest BCUT2D eigenvalue weighted by Gasteiger charge is 2.20. The van der Waals surface area contributed by atoms with Crippen molar-refractivity contribution in [3.05, 3.63) is 53.1 Å². The minimum atomic E-state index is -3.15. The van der Waals surface area contributed by atoms with Crippen LogP contribution in [-0.2, 0) is 16.4 Å². The van der Waals surface area contributed by atoms with Gasteiger partial charge in [0.1, 0.15) is 0 Å². The Morgan fingerprint density at radius 1 is 1.04 bits per heavy atom. The molecule has 1 aliphatic rings. The van der Waals surface area contributed by atoms with E-state index in [0.717, 1.165) is 41.6 Å². The molecule has 0 atom stereocenters. The zero-order valence-corrected chi connectivity index (χ0v) is 14.7. The van der Waals surface area contributed by atoms with Crippen LogP contribution in [0.3, 0.4) is 0 Å². The molecule has 1 heterocycles. The Labute approximate surface area is 142 Å². The Kier molecular flexibility index (Phi) is 4.25. The second kappa shape index (κ2) is 6.06. The van der Waals surface area contributed by atoms with Gasteiger partial charge in [0.25, 0.3) is 0 Å². The average molecular weight is 351 g/mol. The highest BCUT2D eigenvalue weighted by atomic mass is 35.5. The van der Waals surface area contributed by atoms with Gasteiger partial charge in [-0.15, -0.1) is 0 Å². The molecule has 2 aromatic carbocycles. The lowest BCUT2D eigenvalue weighted by Gasteiger charge is -2.37. The third-order valence-electron chi connectivity index (χ3n) is 4.12. The highest BCUT2D eigenvalue weighted by molar-refractivity contribution is 7.90. The molecule has 6 heteroatoms. The Morgan fingerprint density at radius 3 is 2.39 bits per heavy atom. The van der Waals surface area contributed by atoms with Gasteiger partial charge < -0.3 is 9.80 Å². The summed E-state index contributed by atoms with van der Waals surface area (Å²) in [5.41, 5.74) is 3.36. The van der Waals surface area contributed by atoms with Crippen molar-refractivity contribution in [3.8, 4) is 0 Å². The molecule has 0 bridgehead atoms. The number of likely N-dealkylation sites (N-methyl/N-ethyl adjacent to an activating group) is 1. The minimum absolute atomic E-state index is 0.354. The van der Waals surface area contributed by atoms with Crippen molar-refractivity contribution < 1.29 is 8.42 Å². The van der Waals surface area contributed by atoms with E-state index in [1.807, 2.05) is 30.3 Å². The summed E-state index contributed by atoms with van der Waals surface area (Å²) in [4.78, 5) is 4.85. The Hall–Kier alpha value is -1.72. The van der Waals surface area contributed by atoms with E-state index in [4.69, 9.17) is 11.6 Å². The number of anilines is 2. The van der Waals surface area contributed by atoms with Crippen LogP contribution in [0.25, 0.3) is 0 Å². The number of hydrogen-bond donors (Lipinski definition) is 0. The first kappa shape index (κ1) is 16.1.